The van der Waals surface area contributed by atoms with E-state index in [1.54, 1.807) is 0 Å². The maximum absolute atomic E-state index is 11.6. The van der Waals surface area contributed by atoms with E-state index in [1.807, 2.05) is 6.92 Å². The molecule has 0 amide bonds. The molecular weight excluding hydrogens is 224 g/mol. The molecule has 2 rings (SSSR count). The van der Waals surface area contributed by atoms with Crippen LogP contribution in [0.1, 0.15) is 44.2 Å². The van der Waals surface area contributed by atoms with Crippen LogP contribution in [-0.2, 0) is 9.53 Å². The molecule has 1 aliphatic rings. The van der Waals surface area contributed by atoms with Gasteiger partial charge in [-0.1, -0.05) is 43.2 Å². The molecule has 0 bridgehead atoms. The fourth-order valence-corrected chi connectivity index (χ4v) is 2.30. The molecule has 1 heterocycles. The summed E-state index contributed by atoms with van der Waals surface area (Å²) in [5.74, 6) is -0.144. The normalized spacial score (nSPS) is 21.3. The molecule has 1 unspecified atom stereocenters. The van der Waals surface area contributed by atoms with Crippen LogP contribution < -0.4 is 0 Å². The van der Waals surface area contributed by atoms with Crippen LogP contribution in [-0.4, -0.2) is 12.1 Å². The van der Waals surface area contributed by atoms with Crippen LogP contribution in [0.15, 0.2) is 29.8 Å². The summed E-state index contributed by atoms with van der Waals surface area (Å²) in [5.41, 5.74) is 4.43. The largest absolute Gasteiger partial charge is 0.454 e. The third-order valence-electron chi connectivity index (χ3n) is 3.42. The van der Waals surface area contributed by atoms with Gasteiger partial charge in [0.2, 0.25) is 0 Å². The number of carbonyl (C=O) groups excluding carboxylic acids is 1. The lowest BCUT2D eigenvalue weighted by atomic mass is 9.90. The predicted octanol–water partition coefficient (Wildman–Crippen LogP) is 3.88. The third kappa shape index (κ3) is 2.47. The average Bonchev–Trinajstić information content (AvgIpc) is 2.35. The number of ether oxygens (including phenoxy) is 1. The molecule has 1 aromatic rings. The fourth-order valence-electron chi connectivity index (χ4n) is 2.30. The fraction of sp³-hybridized carbons (Fsp3) is 0.438. The van der Waals surface area contributed by atoms with Crippen LogP contribution in [0.5, 0.6) is 0 Å². The summed E-state index contributed by atoms with van der Waals surface area (Å²) >= 11 is 0. The van der Waals surface area contributed by atoms with E-state index in [-0.39, 0.29) is 12.1 Å². The van der Waals surface area contributed by atoms with Crippen molar-refractivity contribution in [3.8, 4) is 0 Å². The Bertz CT molecular complexity index is 468. The Balaban J connectivity index is 2.36. The van der Waals surface area contributed by atoms with E-state index in [0.717, 1.165) is 30.4 Å². The van der Waals surface area contributed by atoms with Crippen molar-refractivity contribution in [2.75, 3.05) is 0 Å². The summed E-state index contributed by atoms with van der Waals surface area (Å²) < 4.78 is 5.06. The van der Waals surface area contributed by atoms with Crippen molar-refractivity contribution in [2.45, 2.75) is 46.1 Å². The summed E-state index contributed by atoms with van der Waals surface area (Å²) in [7, 11) is 0. The second kappa shape index (κ2) is 5.38. The highest BCUT2D eigenvalue weighted by Gasteiger charge is 2.35. The molecule has 1 atom stereocenters. The van der Waals surface area contributed by atoms with Gasteiger partial charge in [-0.25, -0.2) is 4.79 Å². The molecule has 0 N–H and O–H groups in total. The number of rotatable bonds is 4. The van der Waals surface area contributed by atoms with Crippen molar-refractivity contribution in [3.63, 3.8) is 0 Å². The van der Waals surface area contributed by atoms with Crippen LogP contribution in [0, 0.1) is 6.92 Å². The van der Waals surface area contributed by atoms with Gasteiger partial charge < -0.3 is 4.74 Å². The van der Waals surface area contributed by atoms with E-state index < -0.39 is 0 Å². The van der Waals surface area contributed by atoms with Gasteiger partial charge in [0.25, 0.3) is 0 Å². The lowest BCUT2D eigenvalue weighted by Gasteiger charge is -2.29. The van der Waals surface area contributed by atoms with Gasteiger partial charge in [0.1, 0.15) is 6.10 Å². The van der Waals surface area contributed by atoms with Gasteiger partial charge in [-0.2, -0.15) is 0 Å². The summed E-state index contributed by atoms with van der Waals surface area (Å²) in [6.07, 6.45) is 3.14. The first-order chi connectivity index (χ1) is 8.63. The Morgan fingerprint density at radius 2 is 1.94 bits per heavy atom. The molecule has 2 nitrogen and oxygen atoms in total. The number of cyclic esters (lactones) is 1. The first-order valence-electron chi connectivity index (χ1n) is 6.64. The van der Waals surface area contributed by atoms with Crippen molar-refractivity contribution in [3.05, 3.63) is 41.0 Å². The van der Waals surface area contributed by atoms with Gasteiger partial charge in [0.05, 0.1) is 5.57 Å². The number of hydrogen-bond donors (Lipinski definition) is 0. The minimum Gasteiger partial charge on any atom is -0.454 e. The molecule has 0 aliphatic carbocycles. The summed E-state index contributed by atoms with van der Waals surface area (Å²) in [6.45, 7) is 6.18. The van der Waals surface area contributed by atoms with Gasteiger partial charge >= 0.3 is 5.97 Å². The van der Waals surface area contributed by atoms with Crippen molar-refractivity contribution in [1.82, 2.24) is 0 Å². The Labute approximate surface area is 109 Å². The van der Waals surface area contributed by atoms with Crippen LogP contribution in [0.4, 0.5) is 0 Å². The van der Waals surface area contributed by atoms with Gasteiger partial charge in [-0.15, -0.1) is 0 Å². The quantitative estimate of drug-likeness (QED) is 0.593. The zero-order valence-electron chi connectivity index (χ0n) is 11.3. The second-order valence-corrected chi connectivity index (χ2v) is 4.91. The Morgan fingerprint density at radius 1 is 1.28 bits per heavy atom. The molecule has 1 fully saturated rings. The van der Waals surface area contributed by atoms with Crippen molar-refractivity contribution >= 4 is 11.5 Å². The standard InChI is InChI=1S/C16H20O2/c1-4-5-6-14(15-12(3)18-16(15)17)13-9-7-11(2)8-10-13/h7-10,12H,4-6H2,1-3H3/b15-14-. The highest BCUT2D eigenvalue weighted by molar-refractivity contribution is 6.03. The maximum atomic E-state index is 11.6. The molecule has 0 radical (unpaired) electrons. The van der Waals surface area contributed by atoms with Crippen LogP contribution in [0.3, 0.4) is 0 Å². The number of allylic oxidation sites excluding steroid dienone is 1. The summed E-state index contributed by atoms with van der Waals surface area (Å²) in [6, 6.07) is 8.39. The van der Waals surface area contributed by atoms with Crippen molar-refractivity contribution in [1.29, 1.82) is 0 Å². The number of esters is 1. The molecule has 1 aromatic carbocycles. The van der Waals surface area contributed by atoms with Gasteiger partial charge in [0.15, 0.2) is 0 Å². The molecule has 1 aliphatic heterocycles. The zero-order chi connectivity index (χ0) is 13.1. The number of aryl methyl sites for hydroxylation is 1. The monoisotopic (exact) mass is 244 g/mol. The smallest absolute Gasteiger partial charge is 0.338 e. The average molecular weight is 244 g/mol. The van der Waals surface area contributed by atoms with E-state index >= 15 is 0 Å². The first-order valence-corrected chi connectivity index (χ1v) is 6.64. The summed E-state index contributed by atoms with van der Waals surface area (Å²) in [5, 5.41) is 0. The minimum absolute atomic E-state index is 0.0503. The predicted molar refractivity (Wildman–Crippen MR) is 73.2 cm³/mol. The second-order valence-electron chi connectivity index (χ2n) is 4.91. The molecule has 18 heavy (non-hydrogen) atoms. The minimum atomic E-state index is -0.144. The number of carbonyl (C=O) groups is 1. The van der Waals surface area contributed by atoms with E-state index in [1.165, 1.54) is 11.1 Å². The highest BCUT2D eigenvalue weighted by atomic mass is 16.6. The number of unbranched alkanes of at least 4 members (excludes halogenated alkanes) is 1. The molecule has 0 spiro atoms. The van der Waals surface area contributed by atoms with E-state index in [4.69, 9.17) is 4.74 Å². The molecular formula is C16H20O2. The zero-order valence-corrected chi connectivity index (χ0v) is 11.3. The molecule has 0 aromatic heterocycles. The van der Waals surface area contributed by atoms with Crippen molar-refractivity contribution < 1.29 is 9.53 Å². The van der Waals surface area contributed by atoms with Crippen LogP contribution in [0.25, 0.3) is 5.57 Å². The number of hydrogen-bond acceptors (Lipinski definition) is 2. The first kappa shape index (κ1) is 12.9. The van der Waals surface area contributed by atoms with E-state index in [0.29, 0.717) is 0 Å². The maximum Gasteiger partial charge on any atom is 0.338 e. The van der Waals surface area contributed by atoms with Gasteiger partial charge in [0, 0.05) is 0 Å². The highest BCUT2D eigenvalue weighted by Crippen LogP contribution is 2.33. The van der Waals surface area contributed by atoms with Gasteiger partial charge in [-0.05, 0) is 37.8 Å². The lowest BCUT2D eigenvalue weighted by Crippen LogP contribution is -2.35. The summed E-state index contributed by atoms with van der Waals surface area (Å²) in [4.78, 5) is 11.6. The third-order valence-corrected chi connectivity index (χ3v) is 3.42. The van der Waals surface area contributed by atoms with Crippen LogP contribution in [0.2, 0.25) is 0 Å². The molecule has 96 valence electrons. The Morgan fingerprint density at radius 3 is 2.44 bits per heavy atom. The Hall–Kier alpha value is -1.57. The number of benzene rings is 1. The SMILES string of the molecule is CCCC/C(=C1/C(=O)OC1C)c1ccc(C)cc1. The van der Waals surface area contributed by atoms with Crippen LogP contribution >= 0.6 is 0 Å². The molecule has 2 heteroatoms. The lowest BCUT2D eigenvalue weighted by molar-refractivity contribution is -0.154. The topological polar surface area (TPSA) is 26.3 Å². The van der Waals surface area contributed by atoms with Crippen molar-refractivity contribution in [2.24, 2.45) is 0 Å². The van der Waals surface area contributed by atoms with Gasteiger partial charge in [-0.3, -0.25) is 0 Å². The molecule has 1 saturated heterocycles. The van der Waals surface area contributed by atoms with E-state index in [9.17, 15) is 4.79 Å². The molecule has 0 saturated carbocycles. The van der Waals surface area contributed by atoms with E-state index in [2.05, 4.69) is 38.1 Å². The Kier molecular flexibility index (Phi) is 3.85.